The lowest BCUT2D eigenvalue weighted by molar-refractivity contribution is -0.136. The zero-order chi connectivity index (χ0) is 16.3. The number of nitrogens with zero attached hydrogens (tertiary/aromatic N) is 2. The van der Waals surface area contributed by atoms with Gasteiger partial charge in [-0.2, -0.15) is 0 Å². The summed E-state index contributed by atoms with van der Waals surface area (Å²) in [6.07, 6.45) is 3.02. The van der Waals surface area contributed by atoms with Crippen molar-refractivity contribution < 1.29 is 4.79 Å². The molecule has 1 amide bonds. The summed E-state index contributed by atoms with van der Waals surface area (Å²) in [7, 11) is 0. The number of hydrogen-bond donors (Lipinski definition) is 1. The highest BCUT2D eigenvalue weighted by Crippen LogP contribution is 2.31. The van der Waals surface area contributed by atoms with Crippen LogP contribution in [0.15, 0.2) is 30.3 Å². The summed E-state index contributed by atoms with van der Waals surface area (Å²) >= 11 is 0. The fourth-order valence-electron chi connectivity index (χ4n) is 3.82. The molecule has 2 heterocycles. The van der Waals surface area contributed by atoms with Crippen LogP contribution in [0.4, 0.5) is 0 Å². The molecule has 3 rings (SSSR count). The first-order chi connectivity index (χ1) is 11.1. The van der Waals surface area contributed by atoms with E-state index in [0.29, 0.717) is 12.5 Å². The zero-order valence-electron chi connectivity index (χ0n) is 15.0. The lowest BCUT2D eigenvalue weighted by Crippen LogP contribution is -2.42. The second-order valence-electron chi connectivity index (χ2n) is 7.56. The van der Waals surface area contributed by atoms with Gasteiger partial charge in [0.25, 0.3) is 0 Å². The van der Waals surface area contributed by atoms with Gasteiger partial charge < -0.3 is 10.6 Å². The van der Waals surface area contributed by atoms with Crippen LogP contribution in [-0.4, -0.2) is 48.4 Å². The second kappa shape index (κ2) is 9.77. The summed E-state index contributed by atoms with van der Waals surface area (Å²) in [5.74, 6) is 0.573. The Bertz CT molecular complexity index is 535. The molecule has 2 N–H and O–H groups in total. The normalized spacial score (nSPS) is 24.5. The number of amides is 1. The zero-order valence-corrected chi connectivity index (χ0v) is 16.7. The van der Waals surface area contributed by atoms with Gasteiger partial charge >= 0.3 is 0 Å². The molecule has 2 saturated heterocycles. The third-order valence-electron chi connectivity index (χ3n) is 5.55. The maximum atomic E-state index is 12.7. The minimum Gasteiger partial charge on any atom is -0.342 e. The van der Waals surface area contributed by atoms with Crippen LogP contribution in [0, 0.1) is 11.3 Å². The monoisotopic (exact) mass is 387 g/mol. The molecule has 1 aromatic rings. The number of nitrogens with two attached hydrogens (primary N) is 1. The molecule has 0 saturated carbocycles. The third kappa shape index (κ3) is 5.58. The van der Waals surface area contributed by atoms with Gasteiger partial charge in [0.1, 0.15) is 0 Å². The molecule has 6 heteroatoms. The minimum atomic E-state index is 0. The molecule has 0 aliphatic carbocycles. The number of rotatable bonds is 4. The molecule has 1 aromatic carbocycles. The molecule has 2 aliphatic rings. The van der Waals surface area contributed by atoms with Gasteiger partial charge in [-0.3, -0.25) is 9.69 Å². The predicted octanol–water partition coefficient (Wildman–Crippen LogP) is 2.94. The van der Waals surface area contributed by atoms with Crippen molar-refractivity contribution in [2.75, 3.05) is 32.7 Å². The summed E-state index contributed by atoms with van der Waals surface area (Å²) < 4.78 is 0. The van der Waals surface area contributed by atoms with E-state index in [2.05, 4.69) is 47.1 Å². The minimum absolute atomic E-state index is 0. The van der Waals surface area contributed by atoms with E-state index in [1.807, 2.05) is 0 Å². The van der Waals surface area contributed by atoms with Crippen molar-refractivity contribution in [1.29, 1.82) is 0 Å². The van der Waals surface area contributed by atoms with Crippen molar-refractivity contribution in [2.45, 2.75) is 32.7 Å². The lowest BCUT2D eigenvalue weighted by Gasteiger charge is -2.33. The summed E-state index contributed by atoms with van der Waals surface area (Å²) in [5, 5.41) is 0. The number of carbonyl (C=O) groups is 1. The first-order valence-corrected chi connectivity index (χ1v) is 8.85. The molecule has 2 fully saturated rings. The maximum absolute atomic E-state index is 12.7. The van der Waals surface area contributed by atoms with E-state index >= 15 is 0 Å². The van der Waals surface area contributed by atoms with Crippen molar-refractivity contribution >= 4 is 30.7 Å². The molecule has 142 valence electrons. The molecule has 0 spiro atoms. The van der Waals surface area contributed by atoms with Crippen LogP contribution >= 0.6 is 24.8 Å². The van der Waals surface area contributed by atoms with E-state index in [0.717, 1.165) is 52.0 Å². The number of piperidine rings is 1. The van der Waals surface area contributed by atoms with Crippen molar-refractivity contribution in [2.24, 2.45) is 17.1 Å². The molecular weight excluding hydrogens is 357 g/mol. The van der Waals surface area contributed by atoms with Crippen LogP contribution in [0.1, 0.15) is 31.7 Å². The average molecular weight is 388 g/mol. The Morgan fingerprint density at radius 1 is 1.16 bits per heavy atom. The number of halogens is 2. The van der Waals surface area contributed by atoms with E-state index in [9.17, 15) is 4.79 Å². The van der Waals surface area contributed by atoms with Gasteiger partial charge in [-0.1, -0.05) is 37.3 Å². The SMILES string of the molecule is CC1(CN)CCN(C(=O)C2CCN(Cc3ccccc3)CC2)C1.Cl.Cl. The van der Waals surface area contributed by atoms with Crippen LogP contribution < -0.4 is 5.73 Å². The van der Waals surface area contributed by atoms with E-state index in [1.54, 1.807) is 0 Å². The largest absolute Gasteiger partial charge is 0.342 e. The average Bonchev–Trinajstić information content (AvgIpc) is 2.99. The van der Waals surface area contributed by atoms with Crippen molar-refractivity contribution in [3.63, 3.8) is 0 Å². The second-order valence-corrected chi connectivity index (χ2v) is 7.56. The topological polar surface area (TPSA) is 49.6 Å². The van der Waals surface area contributed by atoms with E-state index in [-0.39, 0.29) is 36.1 Å². The van der Waals surface area contributed by atoms with E-state index in [4.69, 9.17) is 5.73 Å². The predicted molar refractivity (Wildman–Crippen MR) is 107 cm³/mol. The third-order valence-corrected chi connectivity index (χ3v) is 5.55. The van der Waals surface area contributed by atoms with Crippen molar-refractivity contribution in [1.82, 2.24) is 9.80 Å². The van der Waals surface area contributed by atoms with Crippen molar-refractivity contribution in [3.8, 4) is 0 Å². The number of benzene rings is 1. The molecule has 0 aromatic heterocycles. The highest BCUT2D eigenvalue weighted by molar-refractivity contribution is 5.85. The van der Waals surface area contributed by atoms with Crippen LogP contribution in [-0.2, 0) is 11.3 Å². The molecule has 4 nitrogen and oxygen atoms in total. The number of hydrogen-bond acceptors (Lipinski definition) is 3. The molecule has 25 heavy (non-hydrogen) atoms. The smallest absolute Gasteiger partial charge is 0.225 e. The Morgan fingerprint density at radius 2 is 1.80 bits per heavy atom. The lowest BCUT2D eigenvalue weighted by atomic mass is 9.90. The van der Waals surface area contributed by atoms with Gasteiger partial charge in [-0.25, -0.2) is 0 Å². The Kier molecular flexibility index (Phi) is 8.69. The molecular formula is C19H31Cl2N3O. The van der Waals surface area contributed by atoms with Gasteiger partial charge in [0.15, 0.2) is 0 Å². The molecule has 1 unspecified atom stereocenters. The highest BCUT2D eigenvalue weighted by Gasteiger charge is 2.37. The quantitative estimate of drug-likeness (QED) is 0.863. The van der Waals surface area contributed by atoms with Crippen LogP contribution in [0.2, 0.25) is 0 Å². The van der Waals surface area contributed by atoms with Gasteiger partial charge in [0.05, 0.1) is 0 Å². The van der Waals surface area contributed by atoms with Gasteiger partial charge in [0, 0.05) is 25.6 Å². The standard InChI is InChI=1S/C19H29N3O.2ClH/c1-19(14-20)9-12-22(15-19)18(23)17-7-10-21(11-8-17)13-16-5-3-2-4-6-16;;/h2-6,17H,7-15,20H2,1H3;2*1H. The summed E-state index contributed by atoms with van der Waals surface area (Å²) in [4.78, 5) is 17.3. The van der Waals surface area contributed by atoms with Crippen LogP contribution in [0.5, 0.6) is 0 Å². The fourth-order valence-corrected chi connectivity index (χ4v) is 3.82. The Balaban J connectivity index is 0.00000156. The first-order valence-electron chi connectivity index (χ1n) is 8.85. The Labute approximate surface area is 163 Å². The van der Waals surface area contributed by atoms with E-state index < -0.39 is 0 Å². The maximum Gasteiger partial charge on any atom is 0.225 e. The summed E-state index contributed by atoms with van der Waals surface area (Å²) in [5.41, 5.74) is 7.34. The highest BCUT2D eigenvalue weighted by atomic mass is 35.5. The first kappa shape index (κ1) is 22.2. The molecule has 0 radical (unpaired) electrons. The number of carbonyl (C=O) groups excluding carboxylic acids is 1. The number of likely N-dealkylation sites (tertiary alicyclic amines) is 2. The molecule has 0 bridgehead atoms. The summed E-state index contributed by atoms with van der Waals surface area (Å²) in [6, 6.07) is 10.6. The Morgan fingerprint density at radius 3 is 2.36 bits per heavy atom. The van der Waals surface area contributed by atoms with Gasteiger partial charge in [-0.15, -0.1) is 24.8 Å². The summed E-state index contributed by atoms with van der Waals surface area (Å²) in [6.45, 7) is 7.63. The van der Waals surface area contributed by atoms with Crippen LogP contribution in [0.25, 0.3) is 0 Å². The fraction of sp³-hybridized carbons (Fsp3) is 0.632. The van der Waals surface area contributed by atoms with Gasteiger partial charge in [0.2, 0.25) is 5.91 Å². The van der Waals surface area contributed by atoms with Crippen molar-refractivity contribution in [3.05, 3.63) is 35.9 Å². The van der Waals surface area contributed by atoms with Crippen LogP contribution in [0.3, 0.4) is 0 Å². The molecule has 2 aliphatic heterocycles. The Hall–Kier alpha value is -0.810. The van der Waals surface area contributed by atoms with Gasteiger partial charge in [-0.05, 0) is 49.9 Å². The molecule has 1 atom stereocenters. The van der Waals surface area contributed by atoms with E-state index in [1.165, 1.54) is 5.56 Å².